The Morgan fingerprint density at radius 2 is 1.90 bits per heavy atom. The zero-order chi connectivity index (χ0) is 21.4. The van der Waals surface area contributed by atoms with Crippen LogP contribution >= 0.6 is 11.6 Å². The Bertz CT molecular complexity index is 931. The summed E-state index contributed by atoms with van der Waals surface area (Å²) in [5.74, 6) is 0.173. The van der Waals surface area contributed by atoms with E-state index in [9.17, 15) is 26.3 Å². The van der Waals surface area contributed by atoms with Crippen LogP contribution in [-0.4, -0.2) is 43.3 Å². The molecule has 0 aromatic heterocycles. The molecule has 2 aliphatic heterocycles. The van der Waals surface area contributed by atoms with E-state index >= 15 is 0 Å². The van der Waals surface area contributed by atoms with Gasteiger partial charge in [0.05, 0.1) is 18.7 Å². The van der Waals surface area contributed by atoms with Crippen molar-refractivity contribution < 1.29 is 35.8 Å². The number of amidine groups is 1. The topological polar surface area (TPSA) is 34.1 Å². The Morgan fingerprint density at radius 1 is 1.17 bits per heavy atom. The summed E-state index contributed by atoms with van der Waals surface area (Å²) < 4.78 is 87.3. The van der Waals surface area contributed by atoms with E-state index in [1.54, 1.807) is 6.08 Å². The van der Waals surface area contributed by atoms with Gasteiger partial charge in [-0.3, -0.25) is 0 Å². The van der Waals surface area contributed by atoms with Crippen LogP contribution in [0.4, 0.5) is 26.3 Å². The van der Waals surface area contributed by atoms with Gasteiger partial charge in [-0.15, -0.1) is 0 Å². The fourth-order valence-electron chi connectivity index (χ4n) is 2.73. The van der Waals surface area contributed by atoms with Gasteiger partial charge in [-0.05, 0) is 24.3 Å². The lowest BCUT2D eigenvalue weighted by Gasteiger charge is -2.31. The summed E-state index contributed by atoms with van der Waals surface area (Å²) in [5.41, 5.74) is -1.36. The molecule has 1 aromatic carbocycles. The zero-order valence-electron chi connectivity index (χ0n) is 14.7. The first-order valence-electron chi connectivity index (χ1n) is 8.07. The van der Waals surface area contributed by atoms with Crippen molar-refractivity contribution in [3.8, 4) is 5.75 Å². The molecule has 0 unspecified atom stereocenters. The minimum Gasteiger partial charge on any atom is -0.497 e. The quantitative estimate of drug-likeness (QED) is 0.596. The van der Waals surface area contributed by atoms with Gasteiger partial charge in [0.2, 0.25) is 0 Å². The van der Waals surface area contributed by atoms with Crippen LogP contribution in [0.1, 0.15) is 5.56 Å². The minimum absolute atomic E-state index is 0.00364. The third-order valence-electron chi connectivity index (χ3n) is 4.00. The maximum Gasteiger partial charge on any atom is 0.433 e. The maximum absolute atomic E-state index is 13.6. The van der Waals surface area contributed by atoms with Crippen molar-refractivity contribution in [2.75, 3.05) is 20.3 Å². The summed E-state index contributed by atoms with van der Waals surface area (Å²) in [7, 11) is 1.38. The first-order chi connectivity index (χ1) is 13.5. The number of methoxy groups -OCH3 is 1. The van der Waals surface area contributed by atoms with Crippen LogP contribution < -0.4 is 4.74 Å². The van der Waals surface area contributed by atoms with Crippen molar-refractivity contribution in [1.29, 1.82) is 0 Å². The Hall–Kier alpha value is -2.62. The van der Waals surface area contributed by atoms with Gasteiger partial charge < -0.3 is 14.4 Å². The molecule has 2 aliphatic rings. The normalized spacial score (nSPS) is 17.0. The number of benzene rings is 1. The molecule has 156 valence electrons. The second-order valence-electron chi connectivity index (χ2n) is 6.03. The predicted molar refractivity (Wildman–Crippen MR) is 94.4 cm³/mol. The molecular weight excluding hydrogens is 426 g/mol. The van der Waals surface area contributed by atoms with Gasteiger partial charge in [0.25, 0.3) is 0 Å². The summed E-state index contributed by atoms with van der Waals surface area (Å²) in [6, 6.07) is 3.35. The molecule has 0 bridgehead atoms. The van der Waals surface area contributed by atoms with Gasteiger partial charge in [-0.25, -0.2) is 4.99 Å². The van der Waals surface area contributed by atoms with Crippen LogP contribution in [0.3, 0.4) is 0 Å². The molecule has 0 aliphatic carbocycles. The van der Waals surface area contributed by atoms with Gasteiger partial charge in [0.15, 0.2) is 12.3 Å². The number of ether oxygens (including phenoxy) is 2. The predicted octanol–water partition coefficient (Wildman–Crippen LogP) is 5.33. The van der Waals surface area contributed by atoms with E-state index < -0.39 is 24.7 Å². The molecule has 0 fully saturated rings. The van der Waals surface area contributed by atoms with Crippen LogP contribution in [0.2, 0.25) is 5.02 Å². The van der Waals surface area contributed by atoms with Crippen LogP contribution in [0.15, 0.2) is 53.0 Å². The van der Waals surface area contributed by atoms with Crippen molar-refractivity contribution in [3.05, 3.63) is 58.6 Å². The Balaban J connectivity index is 2.01. The molecule has 0 spiro atoms. The van der Waals surface area contributed by atoms with E-state index in [1.807, 2.05) is 0 Å². The molecule has 29 heavy (non-hydrogen) atoms. The fourth-order valence-corrected chi connectivity index (χ4v) is 3.01. The highest BCUT2D eigenvalue weighted by atomic mass is 35.5. The number of hydrogen-bond donors (Lipinski definition) is 0. The monoisotopic (exact) mass is 438 g/mol. The third-order valence-corrected chi connectivity index (χ3v) is 4.31. The molecule has 0 N–H and O–H groups in total. The van der Waals surface area contributed by atoms with Gasteiger partial charge in [-0.1, -0.05) is 11.6 Å². The first-order valence-corrected chi connectivity index (χ1v) is 8.45. The molecule has 0 atom stereocenters. The lowest BCUT2D eigenvalue weighted by atomic mass is 10.00. The molecule has 0 saturated heterocycles. The van der Waals surface area contributed by atoms with Crippen molar-refractivity contribution >= 4 is 23.0 Å². The molecule has 2 heterocycles. The molecule has 1 aromatic rings. The average Bonchev–Trinajstić information content (AvgIpc) is 2.63. The van der Waals surface area contributed by atoms with Crippen molar-refractivity contribution in [2.24, 2.45) is 4.99 Å². The minimum atomic E-state index is -4.77. The number of fused-ring (bicyclic) bond motifs is 1. The van der Waals surface area contributed by atoms with E-state index in [-0.39, 0.29) is 34.3 Å². The highest BCUT2D eigenvalue weighted by molar-refractivity contribution is 6.32. The van der Waals surface area contributed by atoms with Crippen molar-refractivity contribution in [3.63, 3.8) is 0 Å². The smallest absolute Gasteiger partial charge is 0.433 e. The largest absolute Gasteiger partial charge is 0.497 e. The molecular formula is C18H13ClF6N2O2. The molecule has 0 radical (unpaired) electrons. The summed E-state index contributed by atoms with van der Waals surface area (Å²) in [6.07, 6.45) is -4.89. The number of aliphatic imine (C=N–C) groups is 1. The van der Waals surface area contributed by atoms with Gasteiger partial charge >= 0.3 is 12.4 Å². The highest BCUT2D eigenvalue weighted by Crippen LogP contribution is 2.40. The number of alkyl halides is 6. The number of nitrogens with zero attached hydrogens (tertiary/aromatic N) is 2. The second-order valence-corrected chi connectivity index (χ2v) is 6.44. The summed E-state index contributed by atoms with van der Waals surface area (Å²) in [6.45, 7) is -1.74. The summed E-state index contributed by atoms with van der Waals surface area (Å²) in [4.78, 5) is 5.18. The van der Waals surface area contributed by atoms with Crippen molar-refractivity contribution in [2.45, 2.75) is 12.4 Å². The molecule has 11 heteroatoms. The SMILES string of the molecule is COC1=CC2=NC(C(F)(F)F)=C(c3ccc(OCC(F)(F)F)cc3Cl)CN2C=C1. The van der Waals surface area contributed by atoms with Gasteiger partial charge in [0.1, 0.15) is 17.3 Å². The van der Waals surface area contributed by atoms with E-state index in [2.05, 4.69) is 9.73 Å². The Kier molecular flexibility index (Phi) is 5.57. The molecule has 0 saturated carbocycles. The summed E-state index contributed by atoms with van der Waals surface area (Å²) in [5, 5.41) is -0.186. The summed E-state index contributed by atoms with van der Waals surface area (Å²) >= 11 is 6.07. The van der Waals surface area contributed by atoms with Crippen LogP contribution in [0.25, 0.3) is 5.57 Å². The lowest BCUT2D eigenvalue weighted by Crippen LogP contribution is -2.34. The first kappa shape index (κ1) is 21.1. The van der Waals surface area contributed by atoms with Gasteiger partial charge in [-0.2, -0.15) is 26.3 Å². The maximum atomic E-state index is 13.6. The van der Waals surface area contributed by atoms with Crippen molar-refractivity contribution in [1.82, 2.24) is 4.90 Å². The number of rotatable bonds is 4. The molecule has 0 amide bonds. The Labute approximate surface area is 166 Å². The van der Waals surface area contributed by atoms with Crippen LogP contribution in [0, 0.1) is 0 Å². The number of hydrogen-bond acceptors (Lipinski definition) is 4. The number of halogens is 7. The molecule has 3 rings (SSSR count). The van der Waals surface area contributed by atoms with Crippen LogP contribution in [0.5, 0.6) is 5.75 Å². The average molecular weight is 439 g/mol. The van der Waals surface area contributed by atoms with E-state index in [4.69, 9.17) is 16.3 Å². The van der Waals surface area contributed by atoms with Crippen LogP contribution in [-0.2, 0) is 4.74 Å². The molecule has 4 nitrogen and oxygen atoms in total. The van der Waals surface area contributed by atoms with E-state index in [1.165, 1.54) is 30.4 Å². The lowest BCUT2D eigenvalue weighted by molar-refractivity contribution is -0.153. The van der Waals surface area contributed by atoms with E-state index in [0.717, 1.165) is 12.1 Å². The number of allylic oxidation sites excluding steroid dienone is 2. The second kappa shape index (κ2) is 7.66. The third kappa shape index (κ3) is 4.87. The highest BCUT2D eigenvalue weighted by Gasteiger charge is 2.40. The fraction of sp³-hybridized carbons (Fsp3) is 0.278. The zero-order valence-corrected chi connectivity index (χ0v) is 15.5. The Morgan fingerprint density at radius 3 is 2.48 bits per heavy atom. The standard InChI is InChI=1S/C18H13ClF6N2O2/c1-28-10-4-5-27-8-13(16(18(23,24)25)26-15(27)7-10)12-3-2-11(6-14(12)19)29-9-17(20,21)22/h2-7H,8-9H2,1H3. The van der Waals surface area contributed by atoms with E-state index in [0.29, 0.717) is 5.76 Å². The van der Waals surface area contributed by atoms with Gasteiger partial charge in [0, 0.05) is 23.4 Å².